The van der Waals surface area contributed by atoms with Gasteiger partial charge >= 0.3 is 5.97 Å². The van der Waals surface area contributed by atoms with Gasteiger partial charge < -0.3 is 9.64 Å². The number of rotatable bonds is 3. The first kappa shape index (κ1) is 13.9. The summed E-state index contributed by atoms with van der Waals surface area (Å²) in [5.41, 5.74) is 0. The van der Waals surface area contributed by atoms with Crippen molar-refractivity contribution >= 4 is 5.97 Å². The number of esters is 1. The first-order valence-electron chi connectivity index (χ1n) is 7.37. The van der Waals surface area contributed by atoms with Crippen molar-refractivity contribution in [2.75, 3.05) is 26.7 Å². The van der Waals surface area contributed by atoms with E-state index in [4.69, 9.17) is 4.74 Å². The van der Waals surface area contributed by atoms with E-state index in [9.17, 15) is 4.79 Å². The largest absolute Gasteiger partial charge is 0.466 e. The van der Waals surface area contributed by atoms with E-state index >= 15 is 0 Å². The highest BCUT2D eigenvalue weighted by atomic mass is 16.5. The van der Waals surface area contributed by atoms with Crippen molar-refractivity contribution < 1.29 is 9.53 Å². The maximum Gasteiger partial charge on any atom is 0.306 e. The van der Waals surface area contributed by atoms with Gasteiger partial charge in [-0.1, -0.05) is 13.8 Å². The van der Waals surface area contributed by atoms with Crippen LogP contribution in [-0.2, 0) is 9.53 Å². The molecule has 0 aromatic carbocycles. The molecule has 0 N–H and O–H groups in total. The van der Waals surface area contributed by atoms with Gasteiger partial charge in [-0.3, -0.25) is 4.79 Å². The highest BCUT2D eigenvalue weighted by molar-refractivity contribution is 5.69. The van der Waals surface area contributed by atoms with Crippen LogP contribution in [0.4, 0.5) is 0 Å². The highest BCUT2D eigenvalue weighted by Crippen LogP contribution is 2.47. The molecule has 0 radical (unpaired) electrons. The van der Waals surface area contributed by atoms with Gasteiger partial charge in [-0.05, 0) is 50.0 Å². The summed E-state index contributed by atoms with van der Waals surface area (Å²) in [6, 6.07) is 0. The molecule has 1 heterocycles. The van der Waals surface area contributed by atoms with Gasteiger partial charge in [-0.15, -0.1) is 0 Å². The third kappa shape index (κ3) is 2.71. The lowest BCUT2D eigenvalue weighted by atomic mass is 9.59. The molecule has 0 aromatic rings. The van der Waals surface area contributed by atoms with Gasteiger partial charge in [0.2, 0.25) is 0 Å². The number of ether oxygens (including phenoxy) is 1. The zero-order valence-electron chi connectivity index (χ0n) is 12.2. The normalized spacial score (nSPS) is 40.6. The third-order valence-electron chi connectivity index (χ3n) is 5.06. The second kappa shape index (κ2) is 5.60. The molecule has 3 heteroatoms. The van der Waals surface area contributed by atoms with Crippen LogP contribution < -0.4 is 0 Å². The molecule has 104 valence electrons. The van der Waals surface area contributed by atoms with Crippen molar-refractivity contribution in [2.24, 2.45) is 29.6 Å². The number of hydrogen-bond acceptors (Lipinski definition) is 3. The summed E-state index contributed by atoms with van der Waals surface area (Å²) in [7, 11) is 2.21. The molecule has 4 unspecified atom stereocenters. The lowest BCUT2D eigenvalue weighted by Gasteiger charge is -2.52. The Labute approximate surface area is 111 Å². The van der Waals surface area contributed by atoms with E-state index in [2.05, 4.69) is 25.8 Å². The van der Waals surface area contributed by atoms with Crippen molar-refractivity contribution in [1.29, 1.82) is 0 Å². The van der Waals surface area contributed by atoms with Crippen molar-refractivity contribution in [2.45, 2.75) is 33.6 Å². The molecule has 1 saturated carbocycles. The van der Waals surface area contributed by atoms with Gasteiger partial charge in [0.05, 0.1) is 6.61 Å². The highest BCUT2D eigenvalue weighted by Gasteiger charge is 2.45. The van der Waals surface area contributed by atoms with Crippen LogP contribution in [0.15, 0.2) is 0 Å². The number of nitrogens with zero attached hydrogens (tertiary/aromatic N) is 1. The molecule has 1 aliphatic heterocycles. The molecule has 0 spiro atoms. The summed E-state index contributed by atoms with van der Waals surface area (Å²) >= 11 is 0. The van der Waals surface area contributed by atoms with Crippen LogP contribution in [0.5, 0.6) is 0 Å². The Balaban J connectivity index is 2.09. The minimum Gasteiger partial charge on any atom is -0.466 e. The molecule has 4 atom stereocenters. The maximum atomic E-state index is 11.8. The Kier molecular flexibility index (Phi) is 4.31. The van der Waals surface area contributed by atoms with E-state index in [1.54, 1.807) is 0 Å². The Morgan fingerprint density at radius 1 is 1.22 bits per heavy atom. The average Bonchev–Trinajstić information content (AvgIpc) is 2.29. The number of hydrogen-bond donors (Lipinski definition) is 0. The van der Waals surface area contributed by atoms with Gasteiger partial charge in [0.15, 0.2) is 0 Å². The first-order chi connectivity index (χ1) is 8.52. The Morgan fingerprint density at radius 2 is 1.78 bits per heavy atom. The van der Waals surface area contributed by atoms with E-state index in [1.807, 2.05) is 6.92 Å². The second-order valence-electron chi connectivity index (χ2n) is 6.41. The van der Waals surface area contributed by atoms with Crippen LogP contribution in [0.3, 0.4) is 0 Å². The Hall–Kier alpha value is -0.570. The molecule has 2 fully saturated rings. The summed E-state index contributed by atoms with van der Waals surface area (Å²) in [5.74, 6) is 3.36. The summed E-state index contributed by atoms with van der Waals surface area (Å²) in [6.45, 7) is 9.40. The standard InChI is InChI=1S/C15H27NO2/c1-5-18-15(17)7-12-13-8-16(4)9-14(12)11(3)6-10(13)2/h10-14H,5-9H2,1-4H3. The minimum absolute atomic E-state index is 0.00310. The SMILES string of the molecule is CCOC(=O)CC1C2CN(C)CC1C(C)CC2C. The average molecular weight is 253 g/mol. The van der Waals surface area contributed by atoms with Crippen molar-refractivity contribution in [1.82, 2.24) is 4.90 Å². The Bertz CT molecular complexity index is 287. The maximum absolute atomic E-state index is 11.8. The summed E-state index contributed by atoms with van der Waals surface area (Å²) in [5, 5.41) is 0. The number of fused-ring (bicyclic) bond motifs is 2. The van der Waals surface area contributed by atoms with E-state index in [1.165, 1.54) is 6.42 Å². The van der Waals surface area contributed by atoms with Crippen molar-refractivity contribution in [3.8, 4) is 0 Å². The van der Waals surface area contributed by atoms with Gasteiger partial charge in [0.25, 0.3) is 0 Å². The Morgan fingerprint density at radius 3 is 2.28 bits per heavy atom. The molecule has 2 rings (SSSR count). The summed E-state index contributed by atoms with van der Waals surface area (Å²) in [6.07, 6.45) is 1.95. The van der Waals surface area contributed by atoms with Crippen molar-refractivity contribution in [3.63, 3.8) is 0 Å². The molecule has 2 aliphatic rings. The zero-order valence-corrected chi connectivity index (χ0v) is 12.2. The quantitative estimate of drug-likeness (QED) is 0.723. The third-order valence-corrected chi connectivity index (χ3v) is 5.06. The number of piperidine rings is 1. The fourth-order valence-electron chi connectivity index (χ4n) is 4.24. The fraction of sp³-hybridized carbons (Fsp3) is 0.933. The summed E-state index contributed by atoms with van der Waals surface area (Å²) < 4.78 is 5.15. The molecule has 1 saturated heterocycles. The molecule has 3 nitrogen and oxygen atoms in total. The predicted molar refractivity (Wildman–Crippen MR) is 72.2 cm³/mol. The number of carbonyl (C=O) groups is 1. The van der Waals surface area contributed by atoms with E-state index in [-0.39, 0.29) is 5.97 Å². The zero-order chi connectivity index (χ0) is 13.3. The van der Waals surface area contributed by atoms with Gasteiger partial charge in [0, 0.05) is 19.5 Å². The fourth-order valence-corrected chi connectivity index (χ4v) is 4.24. The lowest BCUT2D eigenvalue weighted by Crippen LogP contribution is -2.53. The molecule has 0 aromatic heterocycles. The summed E-state index contributed by atoms with van der Waals surface area (Å²) in [4.78, 5) is 14.2. The van der Waals surface area contributed by atoms with Crippen LogP contribution in [0.2, 0.25) is 0 Å². The van der Waals surface area contributed by atoms with Crippen LogP contribution >= 0.6 is 0 Å². The molecule has 0 amide bonds. The second-order valence-corrected chi connectivity index (χ2v) is 6.41. The van der Waals surface area contributed by atoms with Crippen molar-refractivity contribution in [3.05, 3.63) is 0 Å². The van der Waals surface area contributed by atoms with Gasteiger partial charge in [0.1, 0.15) is 0 Å². The van der Waals surface area contributed by atoms with E-state index in [0.29, 0.717) is 30.8 Å². The van der Waals surface area contributed by atoms with Crippen LogP contribution in [-0.4, -0.2) is 37.6 Å². The van der Waals surface area contributed by atoms with E-state index in [0.717, 1.165) is 24.9 Å². The molecular formula is C15H27NO2. The molecule has 18 heavy (non-hydrogen) atoms. The van der Waals surface area contributed by atoms with Crippen LogP contribution in [0, 0.1) is 29.6 Å². The molecule has 2 bridgehead atoms. The van der Waals surface area contributed by atoms with E-state index < -0.39 is 0 Å². The topological polar surface area (TPSA) is 29.5 Å². The number of carbonyl (C=O) groups excluding carboxylic acids is 1. The van der Waals surface area contributed by atoms with Gasteiger partial charge in [-0.25, -0.2) is 0 Å². The molecular weight excluding hydrogens is 226 g/mol. The molecule has 1 aliphatic carbocycles. The lowest BCUT2D eigenvalue weighted by molar-refractivity contribution is -0.148. The van der Waals surface area contributed by atoms with Crippen LogP contribution in [0.1, 0.15) is 33.6 Å². The predicted octanol–water partition coefficient (Wildman–Crippen LogP) is 2.41. The first-order valence-corrected chi connectivity index (χ1v) is 7.37. The van der Waals surface area contributed by atoms with Gasteiger partial charge in [-0.2, -0.15) is 0 Å². The monoisotopic (exact) mass is 253 g/mol. The smallest absolute Gasteiger partial charge is 0.306 e. The number of likely N-dealkylation sites (tertiary alicyclic amines) is 1. The van der Waals surface area contributed by atoms with Crippen LogP contribution in [0.25, 0.3) is 0 Å². The minimum atomic E-state index is 0.00310.